The number of allylic oxidation sites excluding steroid dienone is 2. The Balaban J connectivity index is 0.000000261. The first-order valence-corrected chi connectivity index (χ1v) is 6.04. The molecular formula is C7H12INO3. The van der Waals surface area contributed by atoms with E-state index in [2.05, 4.69) is 37.2 Å². The first-order chi connectivity index (χ1) is 5.52. The van der Waals surface area contributed by atoms with E-state index in [1.54, 1.807) is 0 Å². The SMILES string of the molecule is CC1=CCN(C)C=C1.[O-][I+2]([O-])O. The smallest absolute Gasteiger partial charge is 0.396 e. The van der Waals surface area contributed by atoms with Gasteiger partial charge >= 0.3 is 21.1 Å². The second-order valence-electron chi connectivity index (χ2n) is 2.40. The summed E-state index contributed by atoms with van der Waals surface area (Å²) in [6, 6.07) is 0. The highest BCUT2D eigenvalue weighted by atomic mass is 127. The molecule has 0 amide bonds. The number of halogens is 1. The van der Waals surface area contributed by atoms with Gasteiger partial charge in [0.1, 0.15) is 0 Å². The van der Waals surface area contributed by atoms with Crippen LogP contribution in [0.4, 0.5) is 0 Å². The molecule has 0 aliphatic carbocycles. The molecule has 0 fully saturated rings. The molecule has 5 heteroatoms. The Morgan fingerprint density at radius 1 is 1.58 bits per heavy atom. The Labute approximate surface area is 80.9 Å². The lowest BCUT2D eigenvalue weighted by molar-refractivity contribution is -1.63. The molecule has 0 aromatic carbocycles. The van der Waals surface area contributed by atoms with Crippen molar-refractivity contribution < 1.29 is 31.4 Å². The molecule has 70 valence electrons. The number of nitrogens with zero attached hydrogens (tertiary/aromatic N) is 1. The van der Waals surface area contributed by atoms with Crippen LogP contribution in [0.2, 0.25) is 0 Å². The topological polar surface area (TPSA) is 69.6 Å². The van der Waals surface area contributed by atoms with Crippen LogP contribution < -0.4 is 27.9 Å². The van der Waals surface area contributed by atoms with Gasteiger partial charge in [-0.1, -0.05) is 11.6 Å². The summed E-state index contributed by atoms with van der Waals surface area (Å²) >= 11 is -3.76. The summed E-state index contributed by atoms with van der Waals surface area (Å²) in [4.78, 5) is 2.15. The lowest BCUT2D eigenvalue weighted by atomic mass is 10.2. The van der Waals surface area contributed by atoms with Gasteiger partial charge in [-0.2, -0.15) is 0 Å². The molecule has 0 spiro atoms. The van der Waals surface area contributed by atoms with Crippen molar-refractivity contribution in [2.75, 3.05) is 13.6 Å². The molecule has 0 aromatic rings. The number of hydrogen-bond acceptors (Lipinski definition) is 4. The Bertz CT molecular complexity index is 177. The molecule has 0 aromatic heterocycles. The summed E-state index contributed by atoms with van der Waals surface area (Å²) in [7, 11) is 2.07. The summed E-state index contributed by atoms with van der Waals surface area (Å²) in [6.07, 6.45) is 6.42. The maximum Gasteiger partial charge on any atom is 0.503 e. The average molecular weight is 285 g/mol. The maximum absolute atomic E-state index is 8.68. The maximum atomic E-state index is 8.68. The van der Waals surface area contributed by atoms with Crippen molar-refractivity contribution in [3.05, 3.63) is 23.9 Å². The summed E-state index contributed by atoms with van der Waals surface area (Å²) in [5, 5.41) is 0. The van der Waals surface area contributed by atoms with Crippen molar-refractivity contribution in [3.8, 4) is 0 Å². The Kier molecular flexibility index (Phi) is 6.35. The molecule has 1 aliphatic rings. The van der Waals surface area contributed by atoms with E-state index in [1.807, 2.05) is 0 Å². The first kappa shape index (κ1) is 11.9. The molecule has 0 saturated heterocycles. The van der Waals surface area contributed by atoms with Crippen LogP contribution >= 0.6 is 0 Å². The van der Waals surface area contributed by atoms with Crippen molar-refractivity contribution in [2.24, 2.45) is 0 Å². The number of rotatable bonds is 0. The van der Waals surface area contributed by atoms with E-state index < -0.39 is 21.1 Å². The van der Waals surface area contributed by atoms with E-state index in [-0.39, 0.29) is 0 Å². The van der Waals surface area contributed by atoms with E-state index in [0.29, 0.717) is 0 Å². The highest BCUT2D eigenvalue weighted by Gasteiger charge is 1.92. The van der Waals surface area contributed by atoms with Crippen LogP contribution in [-0.4, -0.2) is 21.9 Å². The first-order valence-electron chi connectivity index (χ1n) is 3.32. The highest BCUT2D eigenvalue weighted by Crippen LogP contribution is 2.02. The quantitative estimate of drug-likeness (QED) is 0.455. The molecule has 1 rings (SSSR count). The summed E-state index contributed by atoms with van der Waals surface area (Å²) in [6.45, 7) is 3.17. The van der Waals surface area contributed by atoms with E-state index in [9.17, 15) is 0 Å². The zero-order valence-corrected chi connectivity index (χ0v) is 9.19. The predicted molar refractivity (Wildman–Crippen MR) is 37.7 cm³/mol. The molecule has 0 atom stereocenters. The van der Waals surface area contributed by atoms with E-state index in [4.69, 9.17) is 10.3 Å². The van der Waals surface area contributed by atoms with Crippen molar-refractivity contribution in [2.45, 2.75) is 6.92 Å². The second kappa shape index (κ2) is 6.41. The fourth-order valence-corrected chi connectivity index (χ4v) is 0.662. The molecule has 1 N–H and O–H groups in total. The minimum absolute atomic E-state index is 1.06. The van der Waals surface area contributed by atoms with E-state index in [1.165, 1.54) is 5.57 Å². The third-order valence-electron chi connectivity index (χ3n) is 1.29. The van der Waals surface area contributed by atoms with Gasteiger partial charge in [-0.3, -0.25) is 0 Å². The third kappa shape index (κ3) is 7.99. The normalized spacial score (nSPS) is 15.5. The van der Waals surface area contributed by atoms with Gasteiger partial charge in [0.2, 0.25) is 0 Å². The second-order valence-corrected chi connectivity index (χ2v) is 3.55. The average Bonchev–Trinajstić information content (AvgIpc) is 1.94. The van der Waals surface area contributed by atoms with Gasteiger partial charge in [-0.25, -0.2) is 0 Å². The molecule has 0 radical (unpaired) electrons. The molecule has 4 nitrogen and oxygen atoms in total. The van der Waals surface area contributed by atoms with Gasteiger partial charge in [-0.15, -0.1) is 0 Å². The van der Waals surface area contributed by atoms with Gasteiger partial charge in [-0.05, 0) is 22.6 Å². The monoisotopic (exact) mass is 285 g/mol. The van der Waals surface area contributed by atoms with Crippen molar-refractivity contribution in [1.29, 1.82) is 0 Å². The van der Waals surface area contributed by atoms with Crippen molar-refractivity contribution in [1.82, 2.24) is 4.90 Å². The van der Waals surface area contributed by atoms with Crippen LogP contribution in [0.1, 0.15) is 6.92 Å². The van der Waals surface area contributed by atoms with Crippen LogP contribution in [0, 0.1) is 0 Å². The molecule has 0 bridgehead atoms. The summed E-state index contributed by atoms with van der Waals surface area (Å²) in [5.41, 5.74) is 1.36. The molecule has 12 heavy (non-hydrogen) atoms. The summed E-state index contributed by atoms with van der Waals surface area (Å²) in [5.74, 6) is 0. The van der Waals surface area contributed by atoms with Crippen LogP contribution in [0.15, 0.2) is 23.9 Å². The van der Waals surface area contributed by atoms with Crippen LogP contribution in [0.3, 0.4) is 0 Å². The minimum atomic E-state index is -3.76. The third-order valence-corrected chi connectivity index (χ3v) is 1.29. The van der Waals surface area contributed by atoms with Gasteiger partial charge in [0.05, 0.1) is 0 Å². The van der Waals surface area contributed by atoms with Crippen LogP contribution in [0.5, 0.6) is 0 Å². The fourth-order valence-electron chi connectivity index (χ4n) is 0.662. The zero-order chi connectivity index (χ0) is 9.56. The predicted octanol–water partition coefficient (Wildman–Crippen LogP) is -4.54. The van der Waals surface area contributed by atoms with E-state index in [0.717, 1.165) is 6.54 Å². The lowest BCUT2D eigenvalue weighted by Gasteiger charge is -2.14. The van der Waals surface area contributed by atoms with Gasteiger partial charge < -0.3 is 11.8 Å². The molecule has 0 unspecified atom stereocenters. The number of hydrogen-bond donors (Lipinski definition) is 1. The number of likely N-dealkylation sites (N-methyl/N-ethyl adjacent to an activating group) is 1. The minimum Gasteiger partial charge on any atom is -0.396 e. The van der Waals surface area contributed by atoms with E-state index >= 15 is 0 Å². The Morgan fingerprint density at radius 3 is 2.33 bits per heavy atom. The molecule has 1 heterocycles. The van der Waals surface area contributed by atoms with Crippen LogP contribution in [-0.2, 0) is 0 Å². The lowest BCUT2D eigenvalue weighted by Crippen LogP contribution is -3.98. The van der Waals surface area contributed by atoms with Crippen molar-refractivity contribution >= 4 is 0 Å². The summed E-state index contributed by atoms with van der Waals surface area (Å²) < 4.78 is 24.5. The Hall–Kier alpha value is -0.110. The van der Waals surface area contributed by atoms with Gasteiger partial charge in [0.25, 0.3) is 0 Å². The fraction of sp³-hybridized carbons (Fsp3) is 0.429. The highest BCUT2D eigenvalue weighted by molar-refractivity contribution is 5.19. The van der Waals surface area contributed by atoms with Crippen LogP contribution in [0.25, 0.3) is 0 Å². The molecule has 1 aliphatic heterocycles. The van der Waals surface area contributed by atoms with Gasteiger partial charge in [0.15, 0.2) is 0 Å². The Morgan fingerprint density at radius 2 is 2.08 bits per heavy atom. The van der Waals surface area contributed by atoms with Crippen molar-refractivity contribution in [3.63, 3.8) is 0 Å². The molecular weight excluding hydrogens is 273 g/mol. The van der Waals surface area contributed by atoms with Gasteiger partial charge in [0, 0.05) is 13.6 Å². The standard InChI is InChI=1S/C7H11N.HIO3/c1-7-3-5-8(2)6-4-7;2-1(3)4/h3-5H,6H2,1-2H3;2H. The largest absolute Gasteiger partial charge is 0.503 e. The molecule has 0 saturated carbocycles. The zero-order valence-electron chi connectivity index (χ0n) is 7.03.